The van der Waals surface area contributed by atoms with Gasteiger partial charge in [0.25, 0.3) is 5.69 Å². The number of alkyl halides is 1. The predicted octanol–water partition coefficient (Wildman–Crippen LogP) is 5.39. The van der Waals surface area contributed by atoms with Crippen LogP contribution in [0.4, 0.5) is 10.1 Å². The maximum atomic E-state index is 14.9. The highest BCUT2D eigenvalue weighted by Crippen LogP contribution is 2.41. The number of allylic oxidation sites excluding steroid dienone is 3. The molecule has 2 aromatic carbocycles. The van der Waals surface area contributed by atoms with Gasteiger partial charge in [0.1, 0.15) is 6.17 Å². The molecule has 2 aromatic rings. The zero-order valence-corrected chi connectivity index (χ0v) is 18.4. The minimum absolute atomic E-state index is 0.103. The van der Waals surface area contributed by atoms with Crippen LogP contribution in [0.3, 0.4) is 0 Å². The van der Waals surface area contributed by atoms with E-state index in [1.54, 1.807) is 44.2 Å². The Morgan fingerprint density at radius 2 is 2.00 bits per heavy atom. The van der Waals surface area contributed by atoms with Crippen molar-refractivity contribution in [2.45, 2.75) is 38.8 Å². The van der Waals surface area contributed by atoms with Gasteiger partial charge in [-0.15, -0.1) is 0 Å². The second kappa shape index (κ2) is 10.6. The molecule has 0 fully saturated rings. The Hall–Kier alpha value is -3.99. The zero-order valence-electron chi connectivity index (χ0n) is 18.4. The molecule has 3 rings (SSSR count). The van der Waals surface area contributed by atoms with Gasteiger partial charge >= 0.3 is 5.97 Å². The molecule has 0 amide bonds. The number of hydrogen-bond donors (Lipinski definition) is 1. The number of hydrogen-bond acceptors (Lipinski definition) is 6. The summed E-state index contributed by atoms with van der Waals surface area (Å²) in [5, 5.41) is 24.2. The van der Waals surface area contributed by atoms with Gasteiger partial charge in [0.2, 0.25) is 0 Å². The summed E-state index contributed by atoms with van der Waals surface area (Å²) in [6.07, 6.45) is -0.959. The number of dihydropyridines is 1. The number of non-ortho nitro benzene ring substituents is 1. The summed E-state index contributed by atoms with van der Waals surface area (Å²) in [5.41, 5.74) is 2.17. The predicted molar refractivity (Wildman–Crippen MR) is 120 cm³/mol. The molecular weight excluding hydrogens is 425 g/mol. The molecule has 0 aliphatic carbocycles. The molecule has 0 bridgehead atoms. The first-order valence-corrected chi connectivity index (χ1v) is 10.6. The average Bonchev–Trinajstić information content (AvgIpc) is 2.82. The summed E-state index contributed by atoms with van der Waals surface area (Å²) < 4.78 is 20.1. The fraction of sp³-hybridized carbons (Fsp3) is 0.280. The molecular formula is C25H24FN3O4. The van der Waals surface area contributed by atoms with Gasteiger partial charge in [0.15, 0.2) is 0 Å². The van der Waals surface area contributed by atoms with Crippen LogP contribution in [0, 0.1) is 21.4 Å². The Balaban J connectivity index is 2.06. The molecule has 1 aliphatic heterocycles. The van der Waals surface area contributed by atoms with Crippen LogP contribution in [0.2, 0.25) is 0 Å². The van der Waals surface area contributed by atoms with Gasteiger partial charge in [-0.2, -0.15) is 5.26 Å². The third-order valence-corrected chi connectivity index (χ3v) is 5.48. The molecule has 2 atom stereocenters. The molecule has 33 heavy (non-hydrogen) atoms. The van der Waals surface area contributed by atoms with Crippen LogP contribution in [0.25, 0.3) is 0 Å². The van der Waals surface area contributed by atoms with Crippen molar-refractivity contribution in [2.24, 2.45) is 0 Å². The van der Waals surface area contributed by atoms with E-state index in [1.165, 1.54) is 18.2 Å². The average molecular weight is 449 g/mol. The minimum Gasteiger partial charge on any atom is -0.463 e. The number of ether oxygens (including phenoxy) is 1. The first-order chi connectivity index (χ1) is 15.9. The van der Waals surface area contributed by atoms with Crippen molar-refractivity contribution in [3.63, 3.8) is 0 Å². The molecule has 0 radical (unpaired) electrons. The lowest BCUT2D eigenvalue weighted by Gasteiger charge is -2.30. The van der Waals surface area contributed by atoms with Crippen molar-refractivity contribution < 1.29 is 18.8 Å². The van der Waals surface area contributed by atoms with Crippen LogP contribution < -0.4 is 5.32 Å². The molecule has 8 heteroatoms. The number of rotatable bonds is 8. The van der Waals surface area contributed by atoms with Crippen LogP contribution in [-0.4, -0.2) is 17.5 Å². The Morgan fingerprint density at radius 1 is 1.27 bits per heavy atom. The first-order valence-electron chi connectivity index (χ1n) is 10.6. The van der Waals surface area contributed by atoms with Gasteiger partial charge < -0.3 is 10.1 Å². The van der Waals surface area contributed by atoms with Gasteiger partial charge in [-0.05, 0) is 37.8 Å². The van der Waals surface area contributed by atoms with Crippen LogP contribution in [-0.2, 0) is 9.53 Å². The highest BCUT2D eigenvalue weighted by Gasteiger charge is 2.36. The van der Waals surface area contributed by atoms with Crippen LogP contribution >= 0.6 is 0 Å². The molecule has 1 aliphatic rings. The lowest BCUT2D eigenvalue weighted by molar-refractivity contribution is -0.384. The molecule has 7 nitrogen and oxygen atoms in total. The number of benzene rings is 2. The molecule has 1 heterocycles. The lowest BCUT2D eigenvalue weighted by Crippen LogP contribution is -2.30. The number of nitrogens with zero attached hydrogens (tertiary/aromatic N) is 2. The molecule has 2 unspecified atom stereocenters. The minimum atomic E-state index is -1.25. The second-order valence-electron chi connectivity index (χ2n) is 7.59. The van der Waals surface area contributed by atoms with Crippen molar-refractivity contribution in [2.75, 3.05) is 6.61 Å². The Labute approximate surface area is 191 Å². The second-order valence-corrected chi connectivity index (χ2v) is 7.59. The summed E-state index contributed by atoms with van der Waals surface area (Å²) in [6.45, 7) is 3.46. The van der Waals surface area contributed by atoms with Crippen LogP contribution in [0.15, 0.2) is 77.1 Å². The van der Waals surface area contributed by atoms with Crippen molar-refractivity contribution in [1.29, 1.82) is 5.26 Å². The van der Waals surface area contributed by atoms with Gasteiger partial charge in [-0.25, -0.2) is 9.18 Å². The fourth-order valence-corrected chi connectivity index (χ4v) is 3.94. The number of esters is 1. The van der Waals surface area contributed by atoms with Crippen molar-refractivity contribution >= 4 is 11.7 Å². The summed E-state index contributed by atoms with van der Waals surface area (Å²) in [4.78, 5) is 23.8. The summed E-state index contributed by atoms with van der Waals surface area (Å²) in [7, 11) is 0. The monoisotopic (exact) mass is 449 g/mol. The quantitative estimate of drug-likeness (QED) is 0.329. The number of carbonyl (C=O) groups is 1. The Morgan fingerprint density at radius 3 is 2.64 bits per heavy atom. The molecule has 0 aromatic heterocycles. The molecule has 0 saturated heterocycles. The summed E-state index contributed by atoms with van der Waals surface area (Å²) in [6, 6.07) is 16.7. The van der Waals surface area contributed by atoms with Crippen molar-refractivity contribution in [3.05, 3.63) is 98.4 Å². The van der Waals surface area contributed by atoms with Gasteiger partial charge in [-0.1, -0.05) is 42.5 Å². The summed E-state index contributed by atoms with van der Waals surface area (Å²) in [5.74, 6) is -1.51. The summed E-state index contributed by atoms with van der Waals surface area (Å²) >= 11 is 0. The lowest BCUT2D eigenvalue weighted by atomic mass is 9.80. The number of nitriles is 1. The first kappa shape index (κ1) is 23.7. The number of halogens is 1. The third-order valence-electron chi connectivity index (χ3n) is 5.48. The van der Waals surface area contributed by atoms with E-state index in [1.807, 2.05) is 6.07 Å². The third kappa shape index (κ3) is 5.26. The largest absolute Gasteiger partial charge is 0.463 e. The van der Waals surface area contributed by atoms with E-state index < -0.39 is 23.0 Å². The number of carbonyl (C=O) groups excluding carboxylic acids is 1. The maximum Gasteiger partial charge on any atom is 0.336 e. The molecule has 1 N–H and O–H groups in total. The van der Waals surface area contributed by atoms with E-state index in [4.69, 9.17) is 4.74 Å². The smallest absolute Gasteiger partial charge is 0.336 e. The van der Waals surface area contributed by atoms with E-state index in [-0.39, 0.29) is 36.3 Å². The highest BCUT2D eigenvalue weighted by molar-refractivity contribution is 5.93. The van der Waals surface area contributed by atoms with Crippen LogP contribution in [0.5, 0.6) is 0 Å². The molecule has 0 spiro atoms. The van der Waals surface area contributed by atoms with Gasteiger partial charge in [0, 0.05) is 23.5 Å². The zero-order chi connectivity index (χ0) is 24.0. The van der Waals surface area contributed by atoms with E-state index in [2.05, 4.69) is 11.4 Å². The Bertz CT molecular complexity index is 1150. The van der Waals surface area contributed by atoms with E-state index in [0.717, 1.165) is 0 Å². The topological polar surface area (TPSA) is 105 Å². The van der Waals surface area contributed by atoms with E-state index in [0.29, 0.717) is 22.5 Å². The standard InChI is InChI=1S/C25H24FN3O4/c1-3-33-25(30)24-22(13-12-21(26)17-8-5-4-6-9-17)28-16(2)20(15-27)23(24)18-10-7-11-19(14-18)29(31)32/h4-11,14,21,23,28H,3,12-13H2,1-2H3. The Kier molecular flexibility index (Phi) is 7.57. The maximum absolute atomic E-state index is 14.9. The van der Waals surface area contributed by atoms with Crippen molar-refractivity contribution in [3.8, 4) is 6.07 Å². The number of nitro benzene ring substituents is 1. The van der Waals surface area contributed by atoms with Gasteiger partial charge in [-0.3, -0.25) is 10.1 Å². The number of nitro groups is 1. The normalized spacial score (nSPS) is 16.6. The van der Waals surface area contributed by atoms with E-state index in [9.17, 15) is 24.6 Å². The van der Waals surface area contributed by atoms with Gasteiger partial charge in [0.05, 0.1) is 34.7 Å². The molecule has 170 valence electrons. The number of nitrogens with one attached hydrogen (secondary N) is 1. The fourth-order valence-electron chi connectivity index (χ4n) is 3.94. The van der Waals surface area contributed by atoms with Crippen molar-refractivity contribution in [1.82, 2.24) is 5.32 Å². The SMILES string of the molecule is CCOC(=O)C1=C(CCC(F)c2ccccc2)NC(C)=C(C#N)C1c1cccc([N+](=O)[O-])c1. The molecule has 0 saturated carbocycles. The highest BCUT2D eigenvalue weighted by atomic mass is 19.1. The van der Waals surface area contributed by atoms with E-state index >= 15 is 0 Å². The van der Waals surface area contributed by atoms with Crippen LogP contribution in [0.1, 0.15) is 49.9 Å².